The summed E-state index contributed by atoms with van der Waals surface area (Å²) in [7, 11) is 0. The molecule has 0 bridgehead atoms. The summed E-state index contributed by atoms with van der Waals surface area (Å²) < 4.78 is 6.66. The van der Waals surface area contributed by atoms with Crippen molar-refractivity contribution in [1.82, 2.24) is 19.7 Å². The highest BCUT2D eigenvalue weighted by atomic mass is 32.2. The second-order valence-corrected chi connectivity index (χ2v) is 8.49. The number of carbonyl (C=O) groups excluding carboxylic acids is 2. The lowest BCUT2D eigenvalue weighted by Crippen LogP contribution is -2.27. The Morgan fingerprint density at radius 1 is 1.26 bits per heavy atom. The molecule has 0 spiro atoms. The topological polar surface area (TPSA) is 125 Å². The van der Waals surface area contributed by atoms with Crippen LogP contribution in [0.1, 0.15) is 47.2 Å². The number of rotatable bonds is 9. The smallest absolute Gasteiger partial charge is 0.350 e. The molecular weight excluding hydrogens is 436 g/mol. The van der Waals surface area contributed by atoms with Crippen LogP contribution in [0.2, 0.25) is 0 Å². The van der Waals surface area contributed by atoms with Crippen LogP contribution in [0.5, 0.6) is 0 Å². The van der Waals surface area contributed by atoms with Crippen molar-refractivity contribution in [3.05, 3.63) is 46.5 Å². The number of ether oxygens (including phenoxy) is 1. The maximum Gasteiger partial charge on any atom is 0.350 e. The van der Waals surface area contributed by atoms with Crippen molar-refractivity contribution in [3.8, 4) is 0 Å². The van der Waals surface area contributed by atoms with Crippen molar-refractivity contribution in [2.24, 2.45) is 0 Å². The summed E-state index contributed by atoms with van der Waals surface area (Å²) in [6.07, 6.45) is 0.474. The average Bonchev–Trinajstić information content (AvgIpc) is 3.30. The summed E-state index contributed by atoms with van der Waals surface area (Å²) in [5, 5.41) is 11.8. The first-order valence-electron chi connectivity index (χ1n) is 9.77. The highest BCUT2D eigenvalue weighted by Gasteiger charge is 2.26. The molecule has 0 saturated carbocycles. The number of nitrogen functional groups attached to an aromatic ring is 1. The minimum atomic E-state index is -0.622. The van der Waals surface area contributed by atoms with Crippen molar-refractivity contribution >= 4 is 46.1 Å². The summed E-state index contributed by atoms with van der Waals surface area (Å²) >= 11 is 2.54. The Labute approximate surface area is 188 Å². The number of hydrogen-bond acceptors (Lipinski definition) is 9. The van der Waals surface area contributed by atoms with Gasteiger partial charge in [-0.2, -0.15) is 0 Å². The molecule has 0 aliphatic carbocycles. The van der Waals surface area contributed by atoms with Gasteiger partial charge in [0.2, 0.25) is 11.9 Å². The van der Waals surface area contributed by atoms with Gasteiger partial charge in [0, 0.05) is 5.75 Å². The molecule has 2 aromatic heterocycles. The Bertz CT molecular complexity index is 1050. The lowest BCUT2D eigenvalue weighted by molar-refractivity contribution is -0.119. The van der Waals surface area contributed by atoms with E-state index in [4.69, 9.17) is 10.5 Å². The molecule has 0 saturated heterocycles. The monoisotopic (exact) mass is 460 g/mol. The van der Waals surface area contributed by atoms with Crippen LogP contribution in [-0.2, 0) is 15.3 Å². The van der Waals surface area contributed by atoms with Gasteiger partial charge in [0.05, 0.1) is 12.3 Å². The molecular formula is C20H24N6O3S2. The number of thioether (sulfide) groups is 1. The Morgan fingerprint density at radius 2 is 2.00 bits per heavy atom. The number of hydrogen-bond donors (Lipinski definition) is 2. The fraction of sp³-hybridized carbons (Fsp3) is 0.350. The lowest BCUT2D eigenvalue weighted by Gasteiger charge is -2.18. The second-order valence-electron chi connectivity index (χ2n) is 6.55. The van der Waals surface area contributed by atoms with E-state index >= 15 is 0 Å². The quantitative estimate of drug-likeness (QED) is 0.366. The molecule has 3 aromatic rings. The number of benzene rings is 1. The Kier molecular flexibility index (Phi) is 7.64. The predicted octanol–water partition coefficient (Wildman–Crippen LogP) is 3.68. The third-order valence-corrected chi connectivity index (χ3v) is 6.46. The number of aromatic nitrogens is 4. The Balaban J connectivity index is 1.76. The molecule has 1 aromatic carbocycles. The third kappa shape index (κ3) is 5.42. The number of nitrogens with zero attached hydrogens (tertiary/aromatic N) is 4. The van der Waals surface area contributed by atoms with Gasteiger partial charge in [-0.3, -0.25) is 9.36 Å². The number of aryl methyl sites for hydroxylation is 1. The van der Waals surface area contributed by atoms with Crippen molar-refractivity contribution in [2.45, 2.75) is 44.1 Å². The summed E-state index contributed by atoms with van der Waals surface area (Å²) in [6.45, 7) is 5.59. The Hall–Kier alpha value is -2.92. The fourth-order valence-corrected chi connectivity index (χ4v) is 4.72. The van der Waals surface area contributed by atoms with Crippen molar-refractivity contribution in [1.29, 1.82) is 0 Å². The molecule has 0 fully saturated rings. The zero-order valence-corrected chi connectivity index (χ0v) is 19.1. The number of nitrogens with one attached hydrogen (secondary N) is 1. The molecule has 0 aliphatic heterocycles. The van der Waals surface area contributed by atoms with Gasteiger partial charge in [-0.15, -0.1) is 10.2 Å². The van der Waals surface area contributed by atoms with E-state index in [0.29, 0.717) is 33.0 Å². The maximum absolute atomic E-state index is 13.0. The van der Waals surface area contributed by atoms with Crippen LogP contribution in [-0.4, -0.2) is 38.2 Å². The standard InChI is InChI=1S/C20H24N6O3S2/c1-4-14(16(27)23-19-22-12(3)15(31-19)17(28)29-5-2)26-18(21)24-25-20(26)30-11-13-9-7-6-8-10-13/h6-10,14H,4-5,11H2,1-3H3,(H2,21,24)(H,22,23,27). The first-order chi connectivity index (χ1) is 14.9. The molecule has 3 N–H and O–H groups in total. The van der Waals surface area contributed by atoms with Gasteiger partial charge in [-0.05, 0) is 25.8 Å². The molecule has 164 valence electrons. The number of esters is 1. The number of nitrogens with two attached hydrogens (primary N) is 1. The molecule has 2 heterocycles. The zero-order chi connectivity index (χ0) is 22.4. The van der Waals surface area contributed by atoms with Gasteiger partial charge in [0.15, 0.2) is 10.3 Å². The summed E-state index contributed by atoms with van der Waals surface area (Å²) in [6, 6.07) is 9.32. The molecule has 0 aliphatic rings. The second kappa shape index (κ2) is 10.4. The Morgan fingerprint density at radius 3 is 2.68 bits per heavy atom. The zero-order valence-electron chi connectivity index (χ0n) is 17.5. The normalized spacial score (nSPS) is 11.8. The third-order valence-electron chi connectivity index (χ3n) is 4.39. The van der Waals surface area contributed by atoms with E-state index in [1.54, 1.807) is 18.4 Å². The van der Waals surface area contributed by atoms with Crippen LogP contribution in [0.4, 0.5) is 11.1 Å². The van der Waals surface area contributed by atoms with E-state index in [9.17, 15) is 9.59 Å². The van der Waals surface area contributed by atoms with Gasteiger partial charge in [0.25, 0.3) is 0 Å². The van der Waals surface area contributed by atoms with Gasteiger partial charge in [-0.25, -0.2) is 9.78 Å². The van der Waals surface area contributed by atoms with Crippen molar-refractivity contribution < 1.29 is 14.3 Å². The highest BCUT2D eigenvalue weighted by molar-refractivity contribution is 7.98. The first-order valence-corrected chi connectivity index (χ1v) is 11.6. The van der Waals surface area contributed by atoms with Crippen LogP contribution in [0.15, 0.2) is 35.5 Å². The van der Waals surface area contributed by atoms with Gasteiger partial charge in [-0.1, -0.05) is 60.4 Å². The molecule has 1 unspecified atom stereocenters. The minimum Gasteiger partial charge on any atom is -0.462 e. The summed E-state index contributed by atoms with van der Waals surface area (Å²) in [5.74, 6) is 0.0820. The minimum absolute atomic E-state index is 0.167. The van der Waals surface area contributed by atoms with Crippen LogP contribution < -0.4 is 11.1 Å². The van der Waals surface area contributed by atoms with Gasteiger partial charge >= 0.3 is 5.97 Å². The van der Waals surface area contributed by atoms with E-state index in [2.05, 4.69) is 20.5 Å². The highest BCUT2D eigenvalue weighted by Crippen LogP contribution is 2.29. The van der Waals surface area contributed by atoms with Gasteiger partial charge in [0.1, 0.15) is 10.9 Å². The molecule has 3 rings (SSSR count). The molecule has 31 heavy (non-hydrogen) atoms. The lowest BCUT2D eigenvalue weighted by atomic mass is 10.2. The number of anilines is 2. The van der Waals surface area contributed by atoms with E-state index in [1.807, 2.05) is 37.3 Å². The number of amides is 1. The van der Waals surface area contributed by atoms with Crippen LogP contribution in [0, 0.1) is 6.92 Å². The largest absolute Gasteiger partial charge is 0.462 e. The van der Waals surface area contributed by atoms with Crippen molar-refractivity contribution in [2.75, 3.05) is 17.7 Å². The van der Waals surface area contributed by atoms with E-state index in [-0.39, 0.29) is 18.5 Å². The molecule has 9 nitrogen and oxygen atoms in total. The SMILES string of the molecule is CCOC(=O)c1sc(NC(=O)C(CC)n2c(N)nnc2SCc2ccccc2)nc1C. The fourth-order valence-electron chi connectivity index (χ4n) is 2.91. The molecule has 1 atom stereocenters. The average molecular weight is 461 g/mol. The number of carbonyl (C=O) groups is 2. The van der Waals surface area contributed by atoms with Crippen molar-refractivity contribution in [3.63, 3.8) is 0 Å². The van der Waals surface area contributed by atoms with Crippen LogP contribution in [0.3, 0.4) is 0 Å². The van der Waals surface area contributed by atoms with Crippen LogP contribution >= 0.6 is 23.1 Å². The van der Waals surface area contributed by atoms with Crippen LogP contribution in [0.25, 0.3) is 0 Å². The van der Waals surface area contributed by atoms with E-state index in [0.717, 1.165) is 16.9 Å². The molecule has 1 amide bonds. The first kappa shape index (κ1) is 22.8. The maximum atomic E-state index is 13.0. The van der Waals surface area contributed by atoms with E-state index < -0.39 is 12.0 Å². The van der Waals surface area contributed by atoms with Gasteiger partial charge < -0.3 is 15.8 Å². The summed E-state index contributed by atoms with van der Waals surface area (Å²) in [4.78, 5) is 29.7. The predicted molar refractivity (Wildman–Crippen MR) is 121 cm³/mol. The molecule has 0 radical (unpaired) electrons. The summed E-state index contributed by atoms with van der Waals surface area (Å²) in [5.41, 5.74) is 7.68. The molecule has 11 heteroatoms. The van der Waals surface area contributed by atoms with E-state index in [1.165, 1.54) is 11.8 Å². The number of thiazole rings is 1.